The molecule has 0 atom stereocenters. The van der Waals surface area contributed by atoms with Gasteiger partial charge < -0.3 is 15.8 Å². The number of nitrogens with one attached hydrogen (secondary N) is 2. The number of thiophene rings is 1. The number of nitrogens with zero attached hydrogens (tertiary/aromatic N) is 1. The number of Topliss-reactive ketones (excluding diaryl/α,β-unsaturated/α-hetero) is 1. The van der Waals surface area contributed by atoms with Gasteiger partial charge in [0.15, 0.2) is 5.78 Å². The van der Waals surface area contributed by atoms with Gasteiger partial charge in [0, 0.05) is 25.2 Å². The van der Waals surface area contributed by atoms with Crippen molar-refractivity contribution in [3.63, 3.8) is 0 Å². The Morgan fingerprint density at radius 3 is 2.85 bits per heavy atom. The smallest absolute Gasteiger partial charge is 0.343 e. The summed E-state index contributed by atoms with van der Waals surface area (Å²) < 4.78 is 4.71. The molecule has 0 amide bonds. The number of hydrogen-bond donors (Lipinski definition) is 3. The summed E-state index contributed by atoms with van der Waals surface area (Å²) in [6.07, 6.45) is 3.39. The topological polar surface area (TPSA) is 110 Å². The molecule has 2 rings (SSSR count). The molecule has 0 unspecified atom stereocenters. The third-order valence-corrected chi connectivity index (χ3v) is 3.93. The molecule has 2 heterocycles. The number of carbonyl (C=O) groups is 2. The summed E-state index contributed by atoms with van der Waals surface area (Å²) >= 11 is 1.14. The quantitative estimate of drug-likeness (QED) is 0.571. The number of methoxy groups -OCH3 is 1. The van der Waals surface area contributed by atoms with E-state index in [-0.39, 0.29) is 17.0 Å². The predicted molar refractivity (Wildman–Crippen MR) is 76.0 cm³/mol. The Morgan fingerprint density at radius 2 is 2.30 bits per heavy atom. The van der Waals surface area contributed by atoms with Gasteiger partial charge in [-0.3, -0.25) is 9.89 Å². The Labute approximate surface area is 119 Å². The first-order valence-corrected chi connectivity index (χ1v) is 6.59. The van der Waals surface area contributed by atoms with Crippen molar-refractivity contribution in [2.75, 3.05) is 18.2 Å². The summed E-state index contributed by atoms with van der Waals surface area (Å²) in [5.41, 5.74) is 7.13. The summed E-state index contributed by atoms with van der Waals surface area (Å²) in [5.74, 6) is -0.755. The molecule has 8 heteroatoms. The van der Waals surface area contributed by atoms with Gasteiger partial charge >= 0.3 is 5.97 Å². The number of nitrogens with two attached hydrogens (primary N) is 1. The van der Waals surface area contributed by atoms with Gasteiger partial charge in [0.2, 0.25) is 0 Å². The number of rotatable bonds is 5. The van der Waals surface area contributed by atoms with Gasteiger partial charge in [0.05, 0.1) is 23.9 Å². The second kappa shape index (κ2) is 5.74. The third kappa shape index (κ3) is 2.64. The first-order chi connectivity index (χ1) is 9.54. The average molecular weight is 294 g/mol. The van der Waals surface area contributed by atoms with Gasteiger partial charge in [-0.25, -0.2) is 4.79 Å². The van der Waals surface area contributed by atoms with Gasteiger partial charge in [0.25, 0.3) is 0 Å². The van der Waals surface area contributed by atoms with E-state index in [9.17, 15) is 9.59 Å². The van der Waals surface area contributed by atoms with E-state index in [4.69, 9.17) is 10.5 Å². The molecule has 7 nitrogen and oxygen atoms in total. The van der Waals surface area contributed by atoms with Gasteiger partial charge in [-0.15, -0.1) is 11.3 Å². The zero-order valence-electron chi connectivity index (χ0n) is 11.0. The highest BCUT2D eigenvalue weighted by Gasteiger charge is 2.24. The molecule has 4 N–H and O–H groups in total. The van der Waals surface area contributed by atoms with Crippen molar-refractivity contribution in [3.8, 4) is 0 Å². The number of H-pyrrole nitrogens is 1. The molecule has 0 spiro atoms. The number of nitrogen functional groups attached to an aromatic ring is 1. The Hall–Kier alpha value is -2.35. The normalized spacial score (nSPS) is 10.3. The molecule has 0 aromatic carbocycles. The van der Waals surface area contributed by atoms with Crippen molar-refractivity contribution in [2.45, 2.75) is 13.5 Å². The molecule has 0 radical (unpaired) electrons. The Bertz CT molecular complexity index is 633. The van der Waals surface area contributed by atoms with Crippen molar-refractivity contribution < 1.29 is 14.3 Å². The Balaban J connectivity index is 2.32. The number of carbonyl (C=O) groups excluding carboxylic acids is 2. The second-order valence-electron chi connectivity index (χ2n) is 4.06. The van der Waals surface area contributed by atoms with E-state index in [1.54, 1.807) is 12.4 Å². The fourth-order valence-electron chi connectivity index (χ4n) is 1.69. The van der Waals surface area contributed by atoms with E-state index < -0.39 is 5.97 Å². The van der Waals surface area contributed by atoms with Crippen LogP contribution >= 0.6 is 11.3 Å². The molecule has 0 bridgehead atoms. The Morgan fingerprint density at radius 1 is 1.55 bits per heavy atom. The zero-order valence-corrected chi connectivity index (χ0v) is 11.8. The van der Waals surface area contributed by atoms with Crippen LogP contribution in [0.2, 0.25) is 0 Å². The van der Waals surface area contributed by atoms with Crippen LogP contribution in [0.1, 0.15) is 32.5 Å². The number of hydrogen-bond acceptors (Lipinski definition) is 7. The zero-order chi connectivity index (χ0) is 14.7. The van der Waals surface area contributed by atoms with E-state index in [1.807, 2.05) is 0 Å². The molecule has 2 aromatic rings. The van der Waals surface area contributed by atoms with E-state index >= 15 is 0 Å². The second-order valence-corrected chi connectivity index (χ2v) is 5.08. The maximum Gasteiger partial charge on any atom is 0.343 e. The van der Waals surface area contributed by atoms with E-state index in [0.29, 0.717) is 16.4 Å². The molecule has 106 valence electrons. The van der Waals surface area contributed by atoms with E-state index in [0.717, 1.165) is 16.9 Å². The molecule has 0 aliphatic rings. The summed E-state index contributed by atoms with van der Waals surface area (Å²) in [6.45, 7) is 1.86. The SMILES string of the molecule is COC(=O)c1c(NCc2cn[nH]c2)sc(C(C)=O)c1N. The maximum absolute atomic E-state index is 11.8. The highest BCUT2D eigenvalue weighted by molar-refractivity contribution is 7.19. The molecule has 0 saturated heterocycles. The van der Waals surface area contributed by atoms with Crippen molar-refractivity contribution in [3.05, 3.63) is 28.4 Å². The predicted octanol–water partition coefficient (Wildman–Crippen LogP) is 1.65. The monoisotopic (exact) mass is 294 g/mol. The van der Waals surface area contributed by atoms with Crippen LogP contribution in [0.3, 0.4) is 0 Å². The Kier molecular flexibility index (Phi) is 4.04. The highest BCUT2D eigenvalue weighted by atomic mass is 32.1. The van der Waals surface area contributed by atoms with Crippen molar-refractivity contribution in [1.29, 1.82) is 0 Å². The lowest BCUT2D eigenvalue weighted by Crippen LogP contribution is -2.08. The fraction of sp³-hybridized carbons (Fsp3) is 0.250. The number of aromatic amines is 1. The van der Waals surface area contributed by atoms with E-state index in [2.05, 4.69) is 15.5 Å². The van der Waals surface area contributed by atoms with Crippen LogP contribution in [0.15, 0.2) is 12.4 Å². The fourth-order valence-corrected chi connectivity index (χ4v) is 2.69. The van der Waals surface area contributed by atoms with Crippen LogP contribution in [0.25, 0.3) is 0 Å². The molecule has 0 aliphatic carbocycles. The van der Waals surface area contributed by atoms with Crippen LogP contribution in [0.4, 0.5) is 10.7 Å². The van der Waals surface area contributed by atoms with Crippen molar-refractivity contribution in [1.82, 2.24) is 10.2 Å². The summed E-state index contributed by atoms with van der Waals surface area (Å²) in [5, 5.41) is 10.1. The van der Waals surface area contributed by atoms with Crippen LogP contribution in [0, 0.1) is 0 Å². The maximum atomic E-state index is 11.8. The standard InChI is InChI=1S/C12H14N4O3S/c1-6(17)10-9(13)8(12(18)19-2)11(20-10)14-3-7-4-15-16-5-7/h4-5,14H,3,13H2,1-2H3,(H,15,16). The molecular weight excluding hydrogens is 280 g/mol. The van der Waals surface area contributed by atoms with Crippen molar-refractivity contribution in [2.24, 2.45) is 0 Å². The average Bonchev–Trinajstić information content (AvgIpc) is 3.03. The number of ether oxygens (including phenoxy) is 1. The summed E-state index contributed by atoms with van der Waals surface area (Å²) in [6, 6.07) is 0. The summed E-state index contributed by atoms with van der Waals surface area (Å²) in [4.78, 5) is 23.6. The first kappa shape index (κ1) is 14.1. The molecule has 0 fully saturated rings. The van der Waals surface area contributed by atoms with Gasteiger partial charge in [0.1, 0.15) is 10.6 Å². The number of ketones is 1. The van der Waals surface area contributed by atoms with Crippen molar-refractivity contribution >= 4 is 33.8 Å². The van der Waals surface area contributed by atoms with E-state index in [1.165, 1.54) is 14.0 Å². The molecule has 20 heavy (non-hydrogen) atoms. The lowest BCUT2D eigenvalue weighted by atomic mass is 10.2. The minimum atomic E-state index is -0.569. The molecule has 0 saturated carbocycles. The number of anilines is 2. The largest absolute Gasteiger partial charge is 0.465 e. The van der Waals surface area contributed by atoms with Crippen LogP contribution in [0.5, 0.6) is 0 Å². The number of esters is 1. The van der Waals surface area contributed by atoms with Crippen LogP contribution in [-0.4, -0.2) is 29.1 Å². The van der Waals surface area contributed by atoms with Crippen LogP contribution < -0.4 is 11.1 Å². The summed E-state index contributed by atoms with van der Waals surface area (Å²) in [7, 11) is 1.27. The molecular formula is C12H14N4O3S. The van der Waals surface area contributed by atoms with Gasteiger partial charge in [-0.05, 0) is 0 Å². The third-order valence-electron chi connectivity index (χ3n) is 2.66. The minimum absolute atomic E-state index is 0.157. The highest BCUT2D eigenvalue weighted by Crippen LogP contribution is 2.36. The van der Waals surface area contributed by atoms with Crippen LogP contribution in [-0.2, 0) is 11.3 Å². The lowest BCUT2D eigenvalue weighted by Gasteiger charge is -2.05. The van der Waals surface area contributed by atoms with Gasteiger partial charge in [-0.2, -0.15) is 5.10 Å². The van der Waals surface area contributed by atoms with Gasteiger partial charge in [-0.1, -0.05) is 0 Å². The lowest BCUT2D eigenvalue weighted by molar-refractivity contribution is 0.0603. The number of aromatic nitrogens is 2. The molecule has 2 aromatic heterocycles. The molecule has 0 aliphatic heterocycles. The minimum Gasteiger partial charge on any atom is -0.465 e. The first-order valence-electron chi connectivity index (χ1n) is 5.77.